The van der Waals surface area contributed by atoms with Gasteiger partial charge in [-0.1, -0.05) is 36.8 Å². The van der Waals surface area contributed by atoms with Crippen molar-refractivity contribution in [2.75, 3.05) is 6.54 Å². The Balaban J connectivity index is 1.98. The van der Waals surface area contributed by atoms with Crippen LogP contribution in [0.25, 0.3) is 0 Å². The van der Waals surface area contributed by atoms with Gasteiger partial charge in [-0.15, -0.1) is 0 Å². The van der Waals surface area contributed by atoms with Crippen LogP contribution < -0.4 is 5.32 Å². The second-order valence-corrected chi connectivity index (χ2v) is 5.70. The minimum Gasteiger partial charge on any atom is -0.314 e. The maximum Gasteiger partial charge on any atom is 0.00983 e. The Hall–Kier alpha value is -0.820. The third kappa shape index (κ3) is 3.10. The lowest BCUT2D eigenvalue weighted by molar-refractivity contribution is 0.350. The van der Waals surface area contributed by atoms with E-state index in [0.29, 0.717) is 11.5 Å². The van der Waals surface area contributed by atoms with Crippen LogP contribution in [0.3, 0.4) is 0 Å². The summed E-state index contributed by atoms with van der Waals surface area (Å²) in [6, 6.07) is 9.64. The van der Waals surface area contributed by atoms with Gasteiger partial charge in [0.05, 0.1) is 0 Å². The lowest BCUT2D eigenvalue weighted by atomic mass is 9.89. The molecule has 1 nitrogen and oxygen atoms in total. The molecule has 17 heavy (non-hydrogen) atoms. The minimum absolute atomic E-state index is 0.545. The molecule has 1 unspecified atom stereocenters. The Bertz CT molecular complexity index is 366. The number of hydrogen-bond acceptors (Lipinski definition) is 1. The third-order valence-electron chi connectivity index (χ3n) is 4.15. The second-order valence-electron chi connectivity index (χ2n) is 5.70. The van der Waals surface area contributed by atoms with Crippen molar-refractivity contribution >= 4 is 0 Å². The van der Waals surface area contributed by atoms with Gasteiger partial charge in [-0.2, -0.15) is 0 Å². The highest BCUT2D eigenvalue weighted by Crippen LogP contribution is 2.51. The lowest BCUT2D eigenvalue weighted by Crippen LogP contribution is -2.36. The van der Waals surface area contributed by atoms with E-state index in [0.717, 1.165) is 6.54 Å². The molecule has 1 heteroatoms. The Kier molecular flexibility index (Phi) is 3.88. The average molecular weight is 231 g/mol. The summed E-state index contributed by atoms with van der Waals surface area (Å²) in [6.45, 7) is 7.93. The highest BCUT2D eigenvalue weighted by atomic mass is 14.9. The van der Waals surface area contributed by atoms with Gasteiger partial charge in [0.15, 0.2) is 0 Å². The van der Waals surface area contributed by atoms with E-state index in [-0.39, 0.29) is 0 Å². The van der Waals surface area contributed by atoms with Crippen molar-refractivity contribution in [3.8, 4) is 0 Å². The van der Waals surface area contributed by atoms with E-state index in [2.05, 4.69) is 50.4 Å². The van der Waals surface area contributed by atoms with Crippen LogP contribution in [0.4, 0.5) is 0 Å². The molecular weight excluding hydrogens is 206 g/mol. The quantitative estimate of drug-likeness (QED) is 0.787. The van der Waals surface area contributed by atoms with Crippen LogP contribution in [0.1, 0.15) is 44.2 Å². The fourth-order valence-corrected chi connectivity index (χ4v) is 2.73. The van der Waals surface area contributed by atoms with Crippen LogP contribution in [0, 0.1) is 12.3 Å². The normalized spacial score (nSPS) is 19.0. The molecule has 0 heterocycles. The summed E-state index contributed by atoms with van der Waals surface area (Å²) in [5, 5.41) is 3.67. The number of aryl methyl sites for hydroxylation is 1. The summed E-state index contributed by atoms with van der Waals surface area (Å²) in [6.07, 6.45) is 5.25. The predicted molar refractivity (Wildman–Crippen MR) is 74.3 cm³/mol. The van der Waals surface area contributed by atoms with Crippen LogP contribution in [0.5, 0.6) is 0 Å². The highest BCUT2D eigenvalue weighted by Gasteiger charge is 2.46. The Labute approximate surface area is 106 Å². The molecule has 1 aliphatic rings. The Morgan fingerprint density at radius 2 is 2.12 bits per heavy atom. The van der Waals surface area contributed by atoms with Crippen LogP contribution in [0.15, 0.2) is 24.3 Å². The summed E-state index contributed by atoms with van der Waals surface area (Å²) in [4.78, 5) is 0. The zero-order valence-electron chi connectivity index (χ0n) is 11.4. The van der Waals surface area contributed by atoms with Crippen molar-refractivity contribution in [2.24, 2.45) is 5.41 Å². The third-order valence-corrected chi connectivity index (χ3v) is 4.15. The zero-order chi connectivity index (χ0) is 12.3. The molecule has 0 aliphatic heterocycles. The van der Waals surface area contributed by atoms with Crippen molar-refractivity contribution in [1.82, 2.24) is 5.32 Å². The monoisotopic (exact) mass is 231 g/mol. The maximum absolute atomic E-state index is 3.67. The van der Waals surface area contributed by atoms with E-state index >= 15 is 0 Å². The molecule has 1 aliphatic carbocycles. The van der Waals surface area contributed by atoms with Crippen LogP contribution >= 0.6 is 0 Å². The summed E-state index contributed by atoms with van der Waals surface area (Å²) in [5.41, 5.74) is 3.43. The van der Waals surface area contributed by atoms with Crippen molar-refractivity contribution in [3.05, 3.63) is 35.4 Å². The van der Waals surface area contributed by atoms with Crippen LogP contribution in [0.2, 0.25) is 0 Å². The van der Waals surface area contributed by atoms with Gasteiger partial charge in [-0.25, -0.2) is 0 Å². The minimum atomic E-state index is 0.545. The van der Waals surface area contributed by atoms with E-state index in [1.807, 2.05) is 0 Å². The SMILES string of the molecule is CCCNC(C)C1(Cc2cccc(C)c2)CC1. The molecule has 94 valence electrons. The van der Waals surface area contributed by atoms with Crippen LogP contribution in [-0.2, 0) is 6.42 Å². The van der Waals surface area contributed by atoms with E-state index in [1.165, 1.54) is 36.8 Å². The fourth-order valence-electron chi connectivity index (χ4n) is 2.73. The molecule has 0 aromatic heterocycles. The van der Waals surface area contributed by atoms with Gasteiger partial charge >= 0.3 is 0 Å². The molecule has 1 atom stereocenters. The van der Waals surface area contributed by atoms with Gasteiger partial charge in [-0.05, 0) is 57.1 Å². The molecule has 1 aromatic rings. The summed E-state index contributed by atoms with van der Waals surface area (Å²) < 4.78 is 0. The molecule has 0 radical (unpaired) electrons. The standard InChI is InChI=1S/C16H25N/c1-4-10-17-14(3)16(8-9-16)12-15-7-5-6-13(2)11-15/h5-7,11,14,17H,4,8-10,12H2,1-3H3. The van der Waals surface area contributed by atoms with Crippen LogP contribution in [-0.4, -0.2) is 12.6 Å². The fraction of sp³-hybridized carbons (Fsp3) is 0.625. The number of hydrogen-bond donors (Lipinski definition) is 1. The molecule has 1 N–H and O–H groups in total. The van der Waals surface area contributed by atoms with E-state index in [9.17, 15) is 0 Å². The van der Waals surface area contributed by atoms with E-state index in [4.69, 9.17) is 0 Å². The van der Waals surface area contributed by atoms with Gasteiger partial charge in [0.2, 0.25) is 0 Å². The van der Waals surface area contributed by atoms with Gasteiger partial charge in [-0.3, -0.25) is 0 Å². The van der Waals surface area contributed by atoms with Gasteiger partial charge in [0.25, 0.3) is 0 Å². The lowest BCUT2D eigenvalue weighted by Gasteiger charge is -2.25. The molecule has 1 saturated carbocycles. The first kappa shape index (κ1) is 12.6. The van der Waals surface area contributed by atoms with Gasteiger partial charge < -0.3 is 5.32 Å². The molecule has 1 aromatic carbocycles. The van der Waals surface area contributed by atoms with Crippen molar-refractivity contribution in [1.29, 1.82) is 0 Å². The molecule has 1 fully saturated rings. The van der Waals surface area contributed by atoms with Crippen molar-refractivity contribution < 1.29 is 0 Å². The topological polar surface area (TPSA) is 12.0 Å². The first-order chi connectivity index (χ1) is 8.16. The molecular formula is C16H25N. The van der Waals surface area contributed by atoms with E-state index < -0.39 is 0 Å². The number of rotatable bonds is 6. The number of nitrogens with one attached hydrogen (secondary N) is 1. The molecule has 0 saturated heterocycles. The first-order valence-electron chi connectivity index (χ1n) is 6.95. The smallest absolute Gasteiger partial charge is 0.00983 e. The van der Waals surface area contributed by atoms with Crippen molar-refractivity contribution in [2.45, 2.75) is 52.5 Å². The molecule has 0 amide bonds. The molecule has 0 bridgehead atoms. The maximum atomic E-state index is 3.67. The van der Waals surface area contributed by atoms with E-state index in [1.54, 1.807) is 0 Å². The Morgan fingerprint density at radius 3 is 2.71 bits per heavy atom. The summed E-state index contributed by atoms with van der Waals surface area (Å²) in [5.74, 6) is 0. The first-order valence-corrected chi connectivity index (χ1v) is 6.95. The molecule has 2 rings (SSSR count). The predicted octanol–water partition coefficient (Wildman–Crippen LogP) is 3.71. The van der Waals surface area contributed by atoms with Crippen molar-refractivity contribution in [3.63, 3.8) is 0 Å². The largest absolute Gasteiger partial charge is 0.314 e. The van der Waals surface area contributed by atoms with Gasteiger partial charge in [0.1, 0.15) is 0 Å². The summed E-state index contributed by atoms with van der Waals surface area (Å²) in [7, 11) is 0. The average Bonchev–Trinajstić information content (AvgIpc) is 3.07. The highest BCUT2D eigenvalue weighted by molar-refractivity contribution is 5.25. The zero-order valence-corrected chi connectivity index (χ0v) is 11.4. The Morgan fingerprint density at radius 1 is 1.35 bits per heavy atom. The second kappa shape index (κ2) is 5.22. The number of benzene rings is 1. The molecule has 0 spiro atoms. The van der Waals surface area contributed by atoms with Gasteiger partial charge in [0, 0.05) is 6.04 Å². The summed E-state index contributed by atoms with van der Waals surface area (Å²) >= 11 is 0.